The first-order valence-corrected chi connectivity index (χ1v) is 6.03. The molecule has 0 unspecified atom stereocenters. The Kier molecular flexibility index (Phi) is 6.84. The maximum atomic E-state index is 5.89. The Labute approximate surface area is 98.4 Å². The van der Waals surface area contributed by atoms with Gasteiger partial charge in [-0.1, -0.05) is 53.0 Å². The molecule has 0 nitrogen and oxygen atoms in total. The summed E-state index contributed by atoms with van der Waals surface area (Å²) >= 11 is 15.0. The molecule has 1 aromatic rings. The summed E-state index contributed by atoms with van der Waals surface area (Å²) < 4.78 is 0. The van der Waals surface area contributed by atoms with E-state index in [2.05, 4.69) is 15.9 Å². The molecule has 0 aliphatic rings. The number of rotatable bonds is 1. The van der Waals surface area contributed by atoms with Gasteiger partial charge in [0.05, 0.1) is 0 Å². The van der Waals surface area contributed by atoms with E-state index in [-0.39, 0.29) is 0 Å². The lowest BCUT2D eigenvalue weighted by Crippen LogP contribution is -1.85. The third-order valence-corrected chi connectivity index (χ3v) is 2.78. The molecule has 3 heteroatoms. The molecule has 0 aliphatic carbocycles. The SMILES string of the molecule is CC.Cc1c(Cl)cc(Cl)cc1CBr. The average Bonchev–Trinajstić information content (AvgIpc) is 2.14. The third-order valence-electron chi connectivity index (χ3n) is 1.56. The van der Waals surface area contributed by atoms with E-state index in [1.54, 1.807) is 6.07 Å². The van der Waals surface area contributed by atoms with Crippen LogP contribution in [0.25, 0.3) is 0 Å². The van der Waals surface area contributed by atoms with Gasteiger partial charge in [-0.15, -0.1) is 0 Å². The lowest BCUT2D eigenvalue weighted by Gasteiger charge is -2.04. The van der Waals surface area contributed by atoms with Crippen molar-refractivity contribution in [3.8, 4) is 0 Å². The molecule has 0 fully saturated rings. The molecule has 1 rings (SSSR count). The molecular formula is C10H13BrCl2. The zero-order chi connectivity index (χ0) is 10.4. The highest BCUT2D eigenvalue weighted by molar-refractivity contribution is 9.08. The van der Waals surface area contributed by atoms with E-state index in [0.717, 1.165) is 21.5 Å². The van der Waals surface area contributed by atoms with Crippen molar-refractivity contribution in [3.05, 3.63) is 33.3 Å². The minimum absolute atomic E-state index is 0.690. The van der Waals surface area contributed by atoms with Gasteiger partial charge in [0.15, 0.2) is 0 Å². The molecule has 0 saturated heterocycles. The van der Waals surface area contributed by atoms with Crippen molar-refractivity contribution < 1.29 is 0 Å². The molecule has 0 atom stereocenters. The summed E-state index contributed by atoms with van der Waals surface area (Å²) in [6.45, 7) is 5.98. The summed E-state index contributed by atoms with van der Waals surface area (Å²) in [6, 6.07) is 3.67. The quantitative estimate of drug-likeness (QED) is 0.620. The van der Waals surface area contributed by atoms with Crippen LogP contribution in [0.5, 0.6) is 0 Å². The van der Waals surface area contributed by atoms with E-state index in [1.165, 1.54) is 0 Å². The maximum absolute atomic E-state index is 5.89. The second-order valence-corrected chi connectivity index (χ2v) is 3.71. The molecule has 1 aromatic carbocycles. The maximum Gasteiger partial charge on any atom is 0.0453 e. The highest BCUT2D eigenvalue weighted by Gasteiger charge is 2.02. The molecule has 13 heavy (non-hydrogen) atoms. The van der Waals surface area contributed by atoms with Crippen molar-refractivity contribution in [2.75, 3.05) is 0 Å². The van der Waals surface area contributed by atoms with E-state index in [1.807, 2.05) is 26.8 Å². The lowest BCUT2D eigenvalue weighted by molar-refractivity contribution is 1.32. The minimum Gasteiger partial charge on any atom is -0.0876 e. The van der Waals surface area contributed by atoms with E-state index < -0.39 is 0 Å². The standard InChI is InChI=1S/C8H7BrCl2.C2H6/c1-5-6(4-9)2-7(10)3-8(5)11;1-2/h2-3H,4H2,1H3;1-2H3. The van der Waals surface area contributed by atoms with E-state index >= 15 is 0 Å². The van der Waals surface area contributed by atoms with Gasteiger partial charge in [0.2, 0.25) is 0 Å². The molecule has 0 radical (unpaired) electrons. The molecular weight excluding hydrogens is 271 g/mol. The third kappa shape index (κ3) is 3.88. The minimum atomic E-state index is 0.690. The van der Waals surface area contributed by atoms with Crippen LogP contribution in [0.15, 0.2) is 12.1 Å². The van der Waals surface area contributed by atoms with Gasteiger partial charge in [0, 0.05) is 15.4 Å². The van der Waals surface area contributed by atoms with Crippen molar-refractivity contribution in [2.45, 2.75) is 26.1 Å². The zero-order valence-corrected chi connectivity index (χ0v) is 11.1. The first-order chi connectivity index (χ1) is 6.15. The Bertz CT molecular complexity index is 272. The number of alkyl halides is 1. The molecule has 0 amide bonds. The van der Waals surface area contributed by atoms with Crippen molar-refractivity contribution in [2.24, 2.45) is 0 Å². The summed E-state index contributed by atoms with van der Waals surface area (Å²) in [4.78, 5) is 0. The fourth-order valence-corrected chi connectivity index (χ4v) is 1.96. The Balaban J connectivity index is 0.000000671. The van der Waals surface area contributed by atoms with Gasteiger partial charge in [-0.3, -0.25) is 0 Å². The van der Waals surface area contributed by atoms with Crippen LogP contribution in [0.1, 0.15) is 25.0 Å². The van der Waals surface area contributed by atoms with Gasteiger partial charge in [-0.25, -0.2) is 0 Å². The van der Waals surface area contributed by atoms with Gasteiger partial charge >= 0.3 is 0 Å². The molecule has 0 bridgehead atoms. The normalized spacial score (nSPS) is 9.08. The second-order valence-electron chi connectivity index (χ2n) is 2.31. The van der Waals surface area contributed by atoms with Crippen LogP contribution >= 0.6 is 39.1 Å². The van der Waals surface area contributed by atoms with Gasteiger partial charge in [0.1, 0.15) is 0 Å². The molecule has 0 heterocycles. The van der Waals surface area contributed by atoms with Crippen molar-refractivity contribution >= 4 is 39.1 Å². The largest absolute Gasteiger partial charge is 0.0876 e. The number of hydrogen-bond donors (Lipinski definition) is 0. The second kappa shape index (κ2) is 6.69. The van der Waals surface area contributed by atoms with Crippen LogP contribution in [0.2, 0.25) is 10.0 Å². The van der Waals surface area contributed by atoms with Crippen LogP contribution in [-0.2, 0) is 5.33 Å². The Morgan fingerprint density at radius 1 is 1.23 bits per heavy atom. The van der Waals surface area contributed by atoms with Gasteiger partial charge in [-0.2, -0.15) is 0 Å². The predicted molar refractivity (Wildman–Crippen MR) is 65.2 cm³/mol. The summed E-state index contributed by atoms with van der Waals surface area (Å²) in [5.41, 5.74) is 2.23. The van der Waals surface area contributed by atoms with E-state index in [0.29, 0.717) is 5.02 Å². The topological polar surface area (TPSA) is 0 Å². The van der Waals surface area contributed by atoms with Crippen LogP contribution in [0.3, 0.4) is 0 Å². The highest BCUT2D eigenvalue weighted by atomic mass is 79.9. The predicted octanol–water partition coefficient (Wildman–Crippen LogP) is 5.22. The van der Waals surface area contributed by atoms with Gasteiger partial charge in [0.25, 0.3) is 0 Å². The van der Waals surface area contributed by atoms with Crippen LogP contribution in [0, 0.1) is 6.92 Å². The van der Waals surface area contributed by atoms with Crippen molar-refractivity contribution in [1.29, 1.82) is 0 Å². The lowest BCUT2D eigenvalue weighted by atomic mass is 10.1. The first-order valence-electron chi connectivity index (χ1n) is 4.15. The summed E-state index contributed by atoms with van der Waals surface area (Å²) in [6.07, 6.45) is 0. The summed E-state index contributed by atoms with van der Waals surface area (Å²) in [5.74, 6) is 0. The van der Waals surface area contributed by atoms with Crippen LogP contribution in [-0.4, -0.2) is 0 Å². The monoisotopic (exact) mass is 282 g/mol. The molecule has 0 aromatic heterocycles. The van der Waals surface area contributed by atoms with Crippen LogP contribution < -0.4 is 0 Å². The van der Waals surface area contributed by atoms with Crippen molar-refractivity contribution in [1.82, 2.24) is 0 Å². The molecule has 0 aliphatic heterocycles. The Morgan fingerprint density at radius 2 is 1.77 bits per heavy atom. The summed E-state index contributed by atoms with van der Waals surface area (Å²) in [7, 11) is 0. The average molecular weight is 284 g/mol. The Morgan fingerprint density at radius 3 is 2.23 bits per heavy atom. The number of hydrogen-bond acceptors (Lipinski definition) is 0. The molecule has 0 saturated carbocycles. The van der Waals surface area contributed by atoms with Crippen LogP contribution in [0.4, 0.5) is 0 Å². The Hall–Kier alpha value is 0.280. The van der Waals surface area contributed by atoms with Crippen molar-refractivity contribution in [3.63, 3.8) is 0 Å². The number of halogens is 3. The highest BCUT2D eigenvalue weighted by Crippen LogP contribution is 2.25. The molecule has 74 valence electrons. The smallest absolute Gasteiger partial charge is 0.0453 e. The van der Waals surface area contributed by atoms with Gasteiger partial charge < -0.3 is 0 Å². The fourth-order valence-electron chi connectivity index (χ4n) is 0.838. The van der Waals surface area contributed by atoms with Gasteiger partial charge in [-0.05, 0) is 30.2 Å². The zero-order valence-electron chi connectivity index (χ0n) is 8.00. The van der Waals surface area contributed by atoms with E-state index in [9.17, 15) is 0 Å². The number of benzene rings is 1. The fraction of sp³-hybridized carbons (Fsp3) is 0.400. The summed E-state index contributed by atoms with van der Waals surface area (Å²) in [5, 5.41) is 2.21. The first kappa shape index (κ1) is 13.3. The molecule has 0 N–H and O–H groups in total. The molecule has 0 spiro atoms. The van der Waals surface area contributed by atoms with E-state index in [4.69, 9.17) is 23.2 Å².